The molecule has 2 aromatic carbocycles. The van der Waals surface area contributed by atoms with Crippen molar-refractivity contribution in [1.29, 1.82) is 0 Å². The molecule has 3 rings (SSSR count). The van der Waals surface area contributed by atoms with Crippen LogP contribution in [0.3, 0.4) is 0 Å². The third kappa shape index (κ3) is 3.54. The molecule has 1 heterocycles. The number of nitrogens with zero attached hydrogens (tertiary/aromatic N) is 2. The number of para-hydroxylation sites is 1. The van der Waals surface area contributed by atoms with E-state index in [1.165, 1.54) is 5.56 Å². The molecular formula is C20H20N2OS. The number of hydrogen-bond donors (Lipinski definition) is 0. The zero-order valence-electron chi connectivity index (χ0n) is 13.7. The van der Waals surface area contributed by atoms with E-state index in [1.807, 2.05) is 42.5 Å². The van der Waals surface area contributed by atoms with Crippen LogP contribution in [0.4, 0.5) is 0 Å². The fourth-order valence-electron chi connectivity index (χ4n) is 2.75. The van der Waals surface area contributed by atoms with Gasteiger partial charge in [0.1, 0.15) is 0 Å². The van der Waals surface area contributed by atoms with Gasteiger partial charge in [0.15, 0.2) is 4.80 Å². The molecule has 0 fully saturated rings. The minimum atomic E-state index is -0.0825. The number of allylic oxidation sites excluding steroid dienone is 1. The van der Waals surface area contributed by atoms with Crippen LogP contribution in [0.1, 0.15) is 17.5 Å². The van der Waals surface area contributed by atoms with E-state index < -0.39 is 0 Å². The second-order valence-corrected chi connectivity index (χ2v) is 6.71. The van der Waals surface area contributed by atoms with Gasteiger partial charge in [-0.3, -0.25) is 4.79 Å². The zero-order chi connectivity index (χ0) is 16.9. The molecule has 0 aliphatic carbocycles. The van der Waals surface area contributed by atoms with Gasteiger partial charge in [-0.25, -0.2) is 0 Å². The van der Waals surface area contributed by atoms with Gasteiger partial charge in [-0.15, -0.1) is 6.58 Å². The number of benzene rings is 2. The number of aromatic nitrogens is 1. The summed E-state index contributed by atoms with van der Waals surface area (Å²) in [6, 6.07) is 16.2. The number of carbonyl (C=O) groups is 1. The third-order valence-corrected chi connectivity index (χ3v) is 4.95. The topological polar surface area (TPSA) is 34.4 Å². The number of fused-ring (bicyclic) bond motifs is 1. The molecule has 24 heavy (non-hydrogen) atoms. The Morgan fingerprint density at radius 2 is 2.00 bits per heavy atom. The fraction of sp³-hybridized carbons (Fsp3) is 0.200. The predicted octanol–water partition coefficient (Wildman–Crippen LogP) is 4.26. The number of hydrogen-bond acceptors (Lipinski definition) is 2. The van der Waals surface area contributed by atoms with Crippen LogP contribution >= 0.6 is 11.3 Å². The van der Waals surface area contributed by atoms with Crippen molar-refractivity contribution >= 4 is 27.5 Å². The first kappa shape index (κ1) is 16.4. The summed E-state index contributed by atoms with van der Waals surface area (Å²) in [7, 11) is 0. The maximum Gasteiger partial charge on any atom is 0.248 e. The summed E-state index contributed by atoms with van der Waals surface area (Å²) in [4.78, 5) is 17.4. The van der Waals surface area contributed by atoms with Crippen molar-refractivity contribution in [1.82, 2.24) is 4.57 Å². The number of rotatable bonds is 5. The van der Waals surface area contributed by atoms with E-state index in [9.17, 15) is 4.79 Å². The minimum absolute atomic E-state index is 0.0825. The molecule has 122 valence electrons. The van der Waals surface area contributed by atoms with Crippen molar-refractivity contribution < 1.29 is 4.79 Å². The van der Waals surface area contributed by atoms with Crippen molar-refractivity contribution in [2.45, 2.75) is 26.3 Å². The van der Waals surface area contributed by atoms with Crippen LogP contribution < -0.4 is 4.80 Å². The van der Waals surface area contributed by atoms with Gasteiger partial charge in [0.05, 0.1) is 10.2 Å². The van der Waals surface area contributed by atoms with Crippen LogP contribution in [0.5, 0.6) is 0 Å². The number of thiazole rings is 1. The quantitative estimate of drug-likeness (QED) is 0.641. The number of aryl methyl sites for hydroxylation is 2. The van der Waals surface area contributed by atoms with Crippen molar-refractivity contribution in [3.8, 4) is 0 Å². The van der Waals surface area contributed by atoms with Crippen LogP contribution in [-0.2, 0) is 17.8 Å². The number of carbonyl (C=O) groups excluding carboxylic acids is 1. The monoisotopic (exact) mass is 336 g/mol. The minimum Gasteiger partial charge on any atom is -0.312 e. The van der Waals surface area contributed by atoms with Gasteiger partial charge < -0.3 is 4.57 Å². The Bertz CT molecular complexity index is 935. The standard InChI is InChI=1S/C20H20N2OS/c1-3-14-22-19-15(2)8-7-11-17(19)24-20(22)21-18(23)13-12-16-9-5-4-6-10-16/h3-11H,1,12-14H2,2H3. The molecule has 1 aromatic heterocycles. The van der Waals surface area contributed by atoms with Crippen molar-refractivity contribution in [3.63, 3.8) is 0 Å². The molecule has 4 heteroatoms. The summed E-state index contributed by atoms with van der Waals surface area (Å²) >= 11 is 1.56. The fourth-order valence-corrected chi connectivity index (χ4v) is 3.88. The molecule has 0 saturated carbocycles. The van der Waals surface area contributed by atoms with E-state index in [-0.39, 0.29) is 5.91 Å². The van der Waals surface area contributed by atoms with Gasteiger partial charge in [0.2, 0.25) is 5.91 Å². The Hall–Kier alpha value is -2.46. The summed E-state index contributed by atoms with van der Waals surface area (Å²) in [6.45, 7) is 6.55. The SMILES string of the molecule is C=CCn1c(=NC(=O)CCc2ccccc2)sc2cccc(C)c21. The van der Waals surface area contributed by atoms with E-state index in [0.717, 1.165) is 20.6 Å². The van der Waals surface area contributed by atoms with E-state index in [1.54, 1.807) is 11.3 Å². The normalized spacial score (nSPS) is 11.8. The molecule has 3 nitrogen and oxygen atoms in total. The van der Waals surface area contributed by atoms with Gasteiger partial charge in [0, 0.05) is 13.0 Å². The Morgan fingerprint density at radius 3 is 2.75 bits per heavy atom. The molecule has 3 aromatic rings. The lowest BCUT2D eigenvalue weighted by Crippen LogP contribution is -2.16. The van der Waals surface area contributed by atoms with Crippen LogP contribution in [0.2, 0.25) is 0 Å². The largest absolute Gasteiger partial charge is 0.312 e. The van der Waals surface area contributed by atoms with E-state index >= 15 is 0 Å². The van der Waals surface area contributed by atoms with Gasteiger partial charge in [0.25, 0.3) is 0 Å². The van der Waals surface area contributed by atoms with Crippen LogP contribution in [0.15, 0.2) is 66.2 Å². The molecule has 0 atom stereocenters. The van der Waals surface area contributed by atoms with E-state index in [4.69, 9.17) is 0 Å². The highest BCUT2D eigenvalue weighted by Gasteiger charge is 2.09. The third-order valence-electron chi connectivity index (χ3n) is 3.91. The maximum atomic E-state index is 12.3. The highest BCUT2D eigenvalue weighted by molar-refractivity contribution is 7.16. The summed E-state index contributed by atoms with van der Waals surface area (Å²) < 4.78 is 3.22. The molecule has 0 unspecified atom stereocenters. The zero-order valence-corrected chi connectivity index (χ0v) is 14.6. The Kier molecular flexibility index (Phi) is 5.06. The van der Waals surface area contributed by atoms with Crippen LogP contribution in [0, 0.1) is 6.92 Å². The first-order chi connectivity index (χ1) is 11.7. The highest BCUT2D eigenvalue weighted by Crippen LogP contribution is 2.21. The first-order valence-corrected chi connectivity index (χ1v) is 8.82. The van der Waals surface area contributed by atoms with Gasteiger partial charge >= 0.3 is 0 Å². The van der Waals surface area contributed by atoms with E-state index in [0.29, 0.717) is 19.4 Å². The molecule has 0 aliphatic rings. The van der Waals surface area contributed by atoms with E-state index in [2.05, 4.69) is 35.2 Å². The Labute approximate surface area is 145 Å². The predicted molar refractivity (Wildman–Crippen MR) is 100 cm³/mol. The number of amides is 1. The molecule has 0 N–H and O–H groups in total. The second-order valence-electron chi connectivity index (χ2n) is 5.70. The average Bonchev–Trinajstić information content (AvgIpc) is 2.93. The molecule has 0 spiro atoms. The van der Waals surface area contributed by atoms with Crippen LogP contribution in [-0.4, -0.2) is 10.5 Å². The van der Waals surface area contributed by atoms with Crippen molar-refractivity contribution in [3.05, 3.63) is 77.1 Å². The average molecular weight is 336 g/mol. The molecular weight excluding hydrogens is 316 g/mol. The van der Waals surface area contributed by atoms with Crippen molar-refractivity contribution in [2.75, 3.05) is 0 Å². The lowest BCUT2D eigenvalue weighted by atomic mass is 10.1. The first-order valence-electron chi connectivity index (χ1n) is 8.00. The van der Waals surface area contributed by atoms with Gasteiger partial charge in [-0.05, 0) is 30.5 Å². The Morgan fingerprint density at radius 1 is 1.21 bits per heavy atom. The molecule has 0 bridgehead atoms. The van der Waals surface area contributed by atoms with Gasteiger partial charge in [-0.2, -0.15) is 4.99 Å². The summed E-state index contributed by atoms with van der Waals surface area (Å²) in [5, 5.41) is 0. The highest BCUT2D eigenvalue weighted by atomic mass is 32.1. The van der Waals surface area contributed by atoms with Gasteiger partial charge in [-0.1, -0.05) is 59.9 Å². The molecule has 0 aliphatic heterocycles. The summed E-state index contributed by atoms with van der Waals surface area (Å²) in [6.07, 6.45) is 2.98. The molecule has 1 amide bonds. The van der Waals surface area contributed by atoms with Crippen LogP contribution in [0.25, 0.3) is 10.2 Å². The summed E-state index contributed by atoms with van der Waals surface area (Å²) in [5.74, 6) is -0.0825. The lowest BCUT2D eigenvalue weighted by molar-refractivity contribution is -0.118. The Balaban J connectivity index is 1.91. The van der Waals surface area contributed by atoms with Crippen molar-refractivity contribution in [2.24, 2.45) is 4.99 Å². The second kappa shape index (κ2) is 7.41. The molecule has 0 radical (unpaired) electrons. The lowest BCUT2D eigenvalue weighted by Gasteiger charge is -2.03. The summed E-state index contributed by atoms with van der Waals surface area (Å²) in [5.41, 5.74) is 3.48. The maximum absolute atomic E-state index is 12.3. The smallest absolute Gasteiger partial charge is 0.248 e. The molecule has 0 saturated heterocycles.